The molecule has 4 heterocycles. The van der Waals surface area contributed by atoms with Crippen LogP contribution in [0.2, 0.25) is 0 Å². The van der Waals surface area contributed by atoms with E-state index in [9.17, 15) is 43.5 Å². The van der Waals surface area contributed by atoms with Crippen LogP contribution in [0.15, 0.2) is 66.7 Å². The van der Waals surface area contributed by atoms with Crippen LogP contribution in [0.5, 0.6) is 0 Å². The number of amides is 8. The summed E-state index contributed by atoms with van der Waals surface area (Å²) in [4.78, 5) is 115. The molecule has 1 aliphatic carbocycles. The number of hydrogen-bond donors (Lipinski definition) is 5. The third-order valence-corrected chi connectivity index (χ3v) is 17.3. The van der Waals surface area contributed by atoms with Gasteiger partial charge >= 0.3 is 0 Å². The number of nitrogens with one attached hydrogen (secondary N) is 4. The third-order valence-electron chi connectivity index (χ3n) is 17.3. The van der Waals surface area contributed by atoms with E-state index < -0.39 is 54.1 Å². The summed E-state index contributed by atoms with van der Waals surface area (Å²) in [5.41, 5.74) is 2.16. The summed E-state index contributed by atoms with van der Waals surface area (Å²) in [7, 11) is 4.83. The Balaban J connectivity index is 1.04. The van der Waals surface area contributed by atoms with E-state index in [0.717, 1.165) is 56.2 Å². The van der Waals surface area contributed by atoms with Crippen LogP contribution in [0.1, 0.15) is 136 Å². The Morgan fingerprint density at radius 3 is 2.10 bits per heavy atom. The number of methoxy groups -OCH3 is 2. The fourth-order valence-corrected chi connectivity index (χ4v) is 12.4. The summed E-state index contributed by atoms with van der Waals surface area (Å²) in [5, 5.41) is 21.3. The lowest BCUT2D eigenvalue weighted by atomic mass is 9.82. The molecule has 5 aliphatic rings. The van der Waals surface area contributed by atoms with Crippen LogP contribution in [0.4, 0.5) is 5.69 Å². The smallest absolute Gasteiger partial charge is 0.253 e. The number of likely N-dealkylation sites (tertiary alicyclic amines) is 1. The van der Waals surface area contributed by atoms with E-state index >= 15 is 0 Å². The third kappa shape index (κ3) is 17.3. The van der Waals surface area contributed by atoms with Gasteiger partial charge in [-0.1, -0.05) is 103 Å². The number of benzene rings is 2. The largest absolute Gasteiger partial charge is 0.396 e. The lowest BCUT2D eigenvalue weighted by Gasteiger charge is -2.41. The minimum absolute atomic E-state index is 0.0304. The Morgan fingerprint density at radius 2 is 1.46 bits per heavy atom. The van der Waals surface area contributed by atoms with Crippen LogP contribution in [-0.4, -0.2) is 168 Å². The molecule has 446 valence electrons. The van der Waals surface area contributed by atoms with Gasteiger partial charge < -0.3 is 45.6 Å². The molecule has 5 N–H and O–H groups in total. The van der Waals surface area contributed by atoms with Crippen molar-refractivity contribution in [2.24, 2.45) is 23.7 Å². The number of unbranched alkanes of at least 4 members (excludes halogenated alkanes) is 5. The second-order valence-electron chi connectivity index (χ2n) is 23.2. The van der Waals surface area contributed by atoms with E-state index in [1.165, 1.54) is 24.2 Å². The van der Waals surface area contributed by atoms with Crippen molar-refractivity contribution >= 4 is 52.9 Å². The van der Waals surface area contributed by atoms with Crippen LogP contribution >= 0.6 is 0 Å². The van der Waals surface area contributed by atoms with Crippen LogP contribution in [0.25, 0.3) is 0 Å². The van der Waals surface area contributed by atoms with E-state index in [1.54, 1.807) is 55.1 Å². The normalized spacial score (nSPS) is 21.2. The van der Waals surface area contributed by atoms with Crippen molar-refractivity contribution in [1.29, 1.82) is 0 Å². The lowest BCUT2D eigenvalue weighted by Crippen LogP contribution is -2.59. The number of imide groups is 1. The minimum Gasteiger partial charge on any atom is -0.396 e. The molecule has 2 aromatic carbocycles. The zero-order chi connectivity index (χ0) is 58.8. The molecule has 2 aromatic rings. The molecule has 4 aliphatic heterocycles. The number of nitrogens with zero attached hydrogens (tertiary/aromatic N) is 4. The van der Waals surface area contributed by atoms with Crippen molar-refractivity contribution in [2.45, 2.75) is 186 Å². The van der Waals surface area contributed by atoms with Gasteiger partial charge in [0.1, 0.15) is 12.1 Å². The van der Waals surface area contributed by atoms with Crippen molar-refractivity contribution in [3.8, 4) is 0 Å². The SMILES string of the molecule is CC[C@H](C)[C@@H]([C@@H](CC(=O)N1CCC[C@H]1[C@H](OC)[C@@H](C)C(=O)N[C@@H](Cc1ccccc1)C(=O)Nc1ccc(CNC(=O)CCCCCN2C(=O)C=CC2=O)cc1)OC)N(C)C(=O)[C@@H](NC(=O)[C@@H]1C2CC(C2)N1CCCCCCO)C(C)C. The second-order valence-corrected chi connectivity index (χ2v) is 23.2. The molecule has 81 heavy (non-hydrogen) atoms. The maximum atomic E-state index is 14.7. The summed E-state index contributed by atoms with van der Waals surface area (Å²) in [6.45, 7) is 11.8. The molecule has 1 saturated carbocycles. The molecule has 4 fully saturated rings. The summed E-state index contributed by atoms with van der Waals surface area (Å²) < 4.78 is 12.2. The maximum absolute atomic E-state index is 14.7. The number of ether oxygens (including phenoxy) is 2. The van der Waals surface area contributed by atoms with E-state index in [4.69, 9.17) is 9.47 Å². The molecule has 0 aromatic heterocycles. The Morgan fingerprint density at radius 1 is 0.790 bits per heavy atom. The average Bonchev–Trinajstić information content (AvgIpc) is 4.46. The highest BCUT2D eigenvalue weighted by molar-refractivity contribution is 6.12. The number of hydrogen-bond acceptors (Lipinski definition) is 12. The number of carbonyl (C=O) groups is 8. The highest BCUT2D eigenvalue weighted by Crippen LogP contribution is 2.46. The number of aliphatic hydroxyl groups excluding tert-OH is 1. The standard InChI is InChI=1S/C62H92N8O11/c1-9-41(4)56(67(6)62(79)55(40(2)3)66-61(78)57-45-36-47(37-45)68(57)31-17-10-11-19-34-71)50(80-7)38-54(75)69-33-20-23-49(69)58(81-8)42(5)59(76)65-48(35-43-21-14-12-15-22-43)60(77)64-46-27-25-44(26-28-46)39-63-51(72)24-16-13-18-32-70-52(73)29-30-53(70)74/h12,14-15,21-22,25-30,40-42,45,47-50,55-58,71H,9-11,13,16-20,23-24,31-39H2,1-8H3,(H,63,72)(H,64,77)(H,65,76)(H,66,78)/t41-,42+,45?,47?,48-,49-,50+,55-,56-,57-,58+/m0/s1. The monoisotopic (exact) mass is 1120 g/mol. The second kappa shape index (κ2) is 31.4. The fourth-order valence-electron chi connectivity index (χ4n) is 12.4. The quantitative estimate of drug-likeness (QED) is 0.0430. The number of likely N-dealkylation sites (N-methyl/N-ethyl adjacent to an activating group) is 1. The molecule has 0 radical (unpaired) electrons. The van der Waals surface area contributed by atoms with E-state index in [1.807, 2.05) is 58.0 Å². The van der Waals surface area contributed by atoms with Crippen LogP contribution < -0.4 is 21.3 Å². The zero-order valence-electron chi connectivity index (χ0n) is 49.2. The lowest BCUT2D eigenvalue weighted by molar-refractivity contribution is -0.148. The van der Waals surface area contributed by atoms with Gasteiger partial charge in [0.2, 0.25) is 35.4 Å². The van der Waals surface area contributed by atoms with Crippen LogP contribution in [0, 0.1) is 23.7 Å². The topological polar surface area (TPSA) is 236 Å². The first-order valence-electron chi connectivity index (χ1n) is 29.7. The number of rotatable bonds is 34. The Kier molecular flexibility index (Phi) is 24.9. The average molecular weight is 1130 g/mol. The molecule has 8 amide bonds. The van der Waals surface area contributed by atoms with Crippen molar-refractivity contribution in [1.82, 2.24) is 35.6 Å². The molecular formula is C62H92N8O11. The Bertz CT molecular complexity index is 2430. The van der Waals surface area contributed by atoms with Gasteiger partial charge in [-0.25, -0.2) is 0 Å². The summed E-state index contributed by atoms with van der Waals surface area (Å²) >= 11 is 0. The molecule has 0 unspecified atom stereocenters. The van der Waals surface area contributed by atoms with Crippen molar-refractivity contribution in [3.05, 3.63) is 77.9 Å². The van der Waals surface area contributed by atoms with E-state index in [-0.39, 0.29) is 85.2 Å². The fraction of sp³-hybridized carbons (Fsp3) is 0.645. The summed E-state index contributed by atoms with van der Waals surface area (Å²) in [5.74, 6) is -2.91. The van der Waals surface area contributed by atoms with Crippen molar-refractivity contribution < 1.29 is 52.9 Å². The van der Waals surface area contributed by atoms with Gasteiger partial charge in [-0.3, -0.25) is 48.2 Å². The van der Waals surface area contributed by atoms with Gasteiger partial charge in [-0.05, 0) is 98.9 Å². The van der Waals surface area contributed by atoms with Crippen LogP contribution in [0.3, 0.4) is 0 Å². The van der Waals surface area contributed by atoms with Crippen molar-refractivity contribution in [3.63, 3.8) is 0 Å². The molecular weight excluding hydrogens is 1030 g/mol. The highest BCUT2D eigenvalue weighted by atomic mass is 16.5. The predicted octanol–water partition coefficient (Wildman–Crippen LogP) is 5.53. The van der Waals surface area contributed by atoms with Gasteiger partial charge in [0.25, 0.3) is 11.8 Å². The van der Waals surface area contributed by atoms with Gasteiger partial charge in [0.15, 0.2) is 0 Å². The highest BCUT2D eigenvalue weighted by Gasteiger charge is 2.54. The molecule has 19 nitrogen and oxygen atoms in total. The first kappa shape index (κ1) is 64.2. The molecule has 7 rings (SSSR count). The molecule has 2 bridgehead atoms. The van der Waals surface area contributed by atoms with Gasteiger partial charge in [-0.2, -0.15) is 0 Å². The van der Waals surface area contributed by atoms with E-state index in [2.05, 4.69) is 26.2 Å². The molecule has 19 heteroatoms. The first-order chi connectivity index (χ1) is 38.9. The predicted molar refractivity (Wildman–Crippen MR) is 309 cm³/mol. The van der Waals surface area contributed by atoms with E-state index in [0.29, 0.717) is 69.8 Å². The van der Waals surface area contributed by atoms with Crippen LogP contribution in [-0.2, 0) is 60.8 Å². The minimum atomic E-state index is -0.974. The molecule has 9 atom stereocenters. The molecule has 3 saturated heterocycles. The number of carbonyl (C=O) groups excluding carboxylic acids is 8. The molecule has 0 spiro atoms. The number of aliphatic hydroxyl groups is 1. The number of anilines is 1. The number of fused-ring (bicyclic) bond motifs is 1. The maximum Gasteiger partial charge on any atom is 0.253 e. The van der Waals surface area contributed by atoms with Gasteiger partial charge in [-0.15, -0.1) is 0 Å². The Hall–Kier alpha value is -6.02. The van der Waals surface area contributed by atoms with Crippen molar-refractivity contribution in [2.75, 3.05) is 52.8 Å². The van der Waals surface area contributed by atoms with Gasteiger partial charge in [0, 0.05) is 84.2 Å². The summed E-state index contributed by atoms with van der Waals surface area (Å²) in [6.07, 6.45) is 11.2. The Labute approximate surface area is 480 Å². The van der Waals surface area contributed by atoms with Gasteiger partial charge in [0.05, 0.1) is 42.7 Å². The summed E-state index contributed by atoms with van der Waals surface area (Å²) in [6, 6.07) is 13.9. The zero-order valence-corrected chi connectivity index (χ0v) is 49.2. The first-order valence-corrected chi connectivity index (χ1v) is 29.7.